The average molecular weight is 307 g/mol. The van der Waals surface area contributed by atoms with E-state index in [2.05, 4.69) is 4.98 Å². The molecule has 0 bridgehead atoms. The molecule has 0 spiro atoms. The largest absolute Gasteiger partial charge is 0.493 e. The third-order valence-electron chi connectivity index (χ3n) is 3.71. The summed E-state index contributed by atoms with van der Waals surface area (Å²) in [6.45, 7) is 1.87. The maximum absolute atomic E-state index is 12.8. The van der Waals surface area contributed by atoms with Gasteiger partial charge in [0.25, 0.3) is 0 Å². The van der Waals surface area contributed by atoms with Crippen molar-refractivity contribution < 1.29 is 14.3 Å². The van der Waals surface area contributed by atoms with Gasteiger partial charge in [-0.05, 0) is 30.5 Å². The molecule has 0 unspecified atom stereocenters. The van der Waals surface area contributed by atoms with Crippen LogP contribution < -0.4 is 9.47 Å². The molecule has 1 heterocycles. The van der Waals surface area contributed by atoms with Crippen LogP contribution in [0.1, 0.15) is 21.7 Å². The molecule has 0 fully saturated rings. The predicted octanol–water partition coefficient (Wildman–Crippen LogP) is 3.79. The number of hydrogen-bond donors (Lipinski definition) is 0. The number of pyridine rings is 1. The molecule has 1 aromatic heterocycles. The summed E-state index contributed by atoms with van der Waals surface area (Å²) < 4.78 is 10.7. The molecule has 0 amide bonds. The number of benzene rings is 2. The van der Waals surface area contributed by atoms with Crippen molar-refractivity contribution in [1.82, 2.24) is 4.98 Å². The minimum atomic E-state index is -0.105. The Balaban J connectivity index is 2.26. The number of carbonyl (C=O) groups is 1. The average Bonchev–Trinajstić information content (AvgIpc) is 2.59. The number of aryl methyl sites for hydroxylation is 1. The van der Waals surface area contributed by atoms with E-state index in [0.717, 1.165) is 16.5 Å². The van der Waals surface area contributed by atoms with Crippen molar-refractivity contribution in [2.75, 3.05) is 14.2 Å². The Hall–Kier alpha value is -2.88. The third-order valence-corrected chi connectivity index (χ3v) is 3.71. The van der Waals surface area contributed by atoms with Gasteiger partial charge in [-0.15, -0.1) is 0 Å². The molecule has 0 aliphatic carbocycles. The Labute approximate surface area is 134 Å². The van der Waals surface area contributed by atoms with Crippen LogP contribution in [0.25, 0.3) is 10.8 Å². The summed E-state index contributed by atoms with van der Waals surface area (Å²) in [5.41, 5.74) is 1.82. The molecule has 3 aromatic rings. The summed E-state index contributed by atoms with van der Waals surface area (Å²) in [5, 5.41) is 1.65. The quantitative estimate of drug-likeness (QED) is 0.688. The molecule has 23 heavy (non-hydrogen) atoms. The molecule has 0 saturated heterocycles. The van der Waals surface area contributed by atoms with Gasteiger partial charge in [0.05, 0.1) is 14.2 Å². The van der Waals surface area contributed by atoms with Crippen LogP contribution >= 0.6 is 0 Å². The van der Waals surface area contributed by atoms with Crippen molar-refractivity contribution in [3.8, 4) is 11.5 Å². The van der Waals surface area contributed by atoms with Gasteiger partial charge in [0.15, 0.2) is 11.5 Å². The van der Waals surface area contributed by atoms with E-state index in [0.29, 0.717) is 22.8 Å². The SMILES string of the molecule is COc1cc2cc(C)nc(C(=O)c3ccccc3)c2cc1OC. The minimum Gasteiger partial charge on any atom is -0.493 e. The van der Waals surface area contributed by atoms with Gasteiger partial charge < -0.3 is 9.47 Å². The zero-order chi connectivity index (χ0) is 16.4. The molecular formula is C19H17NO3. The van der Waals surface area contributed by atoms with E-state index >= 15 is 0 Å². The summed E-state index contributed by atoms with van der Waals surface area (Å²) in [6, 6.07) is 14.7. The van der Waals surface area contributed by atoms with Crippen LogP contribution in [0.2, 0.25) is 0 Å². The molecule has 0 atom stereocenters. The number of hydrogen-bond acceptors (Lipinski definition) is 4. The number of methoxy groups -OCH3 is 2. The number of aromatic nitrogens is 1. The smallest absolute Gasteiger partial charge is 0.211 e. The topological polar surface area (TPSA) is 48.4 Å². The summed E-state index contributed by atoms with van der Waals surface area (Å²) in [6.07, 6.45) is 0. The van der Waals surface area contributed by atoms with Gasteiger partial charge in [0, 0.05) is 16.6 Å². The number of ether oxygens (including phenoxy) is 2. The van der Waals surface area contributed by atoms with Crippen LogP contribution in [0, 0.1) is 6.92 Å². The molecule has 0 N–H and O–H groups in total. The second-order valence-corrected chi connectivity index (χ2v) is 5.24. The maximum Gasteiger partial charge on any atom is 0.211 e. The maximum atomic E-state index is 12.8. The van der Waals surface area contributed by atoms with Gasteiger partial charge in [-0.1, -0.05) is 30.3 Å². The lowest BCUT2D eigenvalue weighted by Gasteiger charge is -2.12. The fourth-order valence-corrected chi connectivity index (χ4v) is 2.61. The van der Waals surface area contributed by atoms with E-state index in [9.17, 15) is 4.79 Å². The Bertz CT molecular complexity index is 873. The van der Waals surface area contributed by atoms with E-state index in [1.807, 2.05) is 37.3 Å². The first-order chi connectivity index (χ1) is 11.1. The van der Waals surface area contributed by atoms with Crippen molar-refractivity contribution in [3.05, 3.63) is 65.5 Å². The molecule has 4 nitrogen and oxygen atoms in total. The summed E-state index contributed by atoms with van der Waals surface area (Å²) in [7, 11) is 3.16. The molecule has 0 aliphatic rings. The van der Waals surface area contributed by atoms with Crippen molar-refractivity contribution >= 4 is 16.6 Å². The van der Waals surface area contributed by atoms with Gasteiger partial charge in [-0.3, -0.25) is 4.79 Å². The highest BCUT2D eigenvalue weighted by Crippen LogP contribution is 2.34. The van der Waals surface area contributed by atoms with Crippen LogP contribution in [0.4, 0.5) is 0 Å². The standard InChI is InChI=1S/C19H17NO3/c1-12-9-14-10-16(22-2)17(23-3)11-15(14)18(20-12)19(21)13-7-5-4-6-8-13/h4-11H,1-3H3. The normalized spacial score (nSPS) is 10.6. The lowest BCUT2D eigenvalue weighted by molar-refractivity contribution is 0.103. The highest BCUT2D eigenvalue weighted by Gasteiger charge is 2.17. The summed E-state index contributed by atoms with van der Waals surface area (Å²) >= 11 is 0. The lowest BCUT2D eigenvalue weighted by atomic mass is 10.0. The second kappa shape index (κ2) is 6.08. The fraction of sp³-hybridized carbons (Fsp3) is 0.158. The Morgan fingerprint density at radius 1 is 0.957 bits per heavy atom. The molecule has 0 aliphatic heterocycles. The highest BCUT2D eigenvalue weighted by atomic mass is 16.5. The number of nitrogens with zero attached hydrogens (tertiary/aromatic N) is 1. The van der Waals surface area contributed by atoms with Gasteiger partial charge >= 0.3 is 0 Å². The number of fused-ring (bicyclic) bond motifs is 1. The van der Waals surface area contributed by atoms with E-state index in [1.165, 1.54) is 0 Å². The number of carbonyl (C=O) groups excluding carboxylic acids is 1. The van der Waals surface area contributed by atoms with E-state index in [4.69, 9.17) is 9.47 Å². The summed E-state index contributed by atoms with van der Waals surface area (Å²) in [4.78, 5) is 17.3. The van der Waals surface area contributed by atoms with Crippen molar-refractivity contribution in [2.24, 2.45) is 0 Å². The predicted molar refractivity (Wildman–Crippen MR) is 89.5 cm³/mol. The van der Waals surface area contributed by atoms with Crippen LogP contribution in [-0.4, -0.2) is 25.0 Å². The van der Waals surface area contributed by atoms with Gasteiger partial charge in [0.2, 0.25) is 5.78 Å². The molecule has 2 aromatic carbocycles. The lowest BCUT2D eigenvalue weighted by Crippen LogP contribution is -2.06. The highest BCUT2D eigenvalue weighted by molar-refractivity contribution is 6.15. The fourth-order valence-electron chi connectivity index (χ4n) is 2.61. The molecular weight excluding hydrogens is 290 g/mol. The molecule has 3 rings (SSSR count). The zero-order valence-corrected chi connectivity index (χ0v) is 13.3. The van der Waals surface area contributed by atoms with E-state index in [1.54, 1.807) is 32.4 Å². The van der Waals surface area contributed by atoms with Crippen LogP contribution in [0.15, 0.2) is 48.5 Å². The molecule has 116 valence electrons. The third kappa shape index (κ3) is 2.75. The van der Waals surface area contributed by atoms with Gasteiger partial charge in [-0.2, -0.15) is 0 Å². The van der Waals surface area contributed by atoms with Gasteiger partial charge in [-0.25, -0.2) is 4.98 Å². The first-order valence-corrected chi connectivity index (χ1v) is 7.27. The van der Waals surface area contributed by atoms with E-state index < -0.39 is 0 Å². The second-order valence-electron chi connectivity index (χ2n) is 5.24. The van der Waals surface area contributed by atoms with Crippen LogP contribution in [0.3, 0.4) is 0 Å². The monoisotopic (exact) mass is 307 g/mol. The summed E-state index contributed by atoms with van der Waals surface area (Å²) in [5.74, 6) is 1.10. The molecule has 0 radical (unpaired) electrons. The molecule has 0 saturated carbocycles. The number of ketones is 1. The van der Waals surface area contributed by atoms with Gasteiger partial charge in [0.1, 0.15) is 5.69 Å². The Morgan fingerprint density at radius 3 is 2.26 bits per heavy atom. The van der Waals surface area contributed by atoms with Crippen molar-refractivity contribution in [2.45, 2.75) is 6.92 Å². The Kier molecular flexibility index (Phi) is 3.98. The first kappa shape index (κ1) is 15.0. The van der Waals surface area contributed by atoms with Crippen molar-refractivity contribution in [3.63, 3.8) is 0 Å². The van der Waals surface area contributed by atoms with Crippen molar-refractivity contribution in [1.29, 1.82) is 0 Å². The van der Waals surface area contributed by atoms with Crippen LogP contribution in [-0.2, 0) is 0 Å². The Morgan fingerprint density at radius 2 is 1.61 bits per heavy atom. The van der Waals surface area contributed by atoms with E-state index in [-0.39, 0.29) is 5.78 Å². The molecule has 4 heteroatoms. The zero-order valence-electron chi connectivity index (χ0n) is 13.3. The first-order valence-electron chi connectivity index (χ1n) is 7.27. The minimum absolute atomic E-state index is 0.105. The van der Waals surface area contributed by atoms with Crippen LogP contribution in [0.5, 0.6) is 11.5 Å². The number of rotatable bonds is 4.